The van der Waals surface area contributed by atoms with Crippen molar-refractivity contribution in [1.82, 2.24) is 0 Å². The Morgan fingerprint density at radius 2 is 2.10 bits per heavy atom. The number of aliphatic hydroxyl groups excluding tert-OH is 1. The molecule has 0 bridgehead atoms. The molecular weight excluding hydrogens is 328 g/mol. The van der Waals surface area contributed by atoms with Crippen molar-refractivity contribution >= 4 is 21.9 Å². The van der Waals surface area contributed by atoms with Crippen LogP contribution in [0.5, 0.6) is 0 Å². The van der Waals surface area contributed by atoms with Crippen LogP contribution in [0.1, 0.15) is 32.1 Å². The summed E-state index contributed by atoms with van der Waals surface area (Å²) in [6.45, 7) is 0. The Morgan fingerprint density at radius 1 is 1.40 bits per heavy atom. The highest BCUT2D eigenvalue weighted by molar-refractivity contribution is 9.09. The molecule has 2 fully saturated rings. The minimum Gasteiger partial charge on any atom is -0.466 e. The molecule has 0 aromatic heterocycles. The molecule has 3 aliphatic rings. The van der Waals surface area contributed by atoms with Crippen LogP contribution in [-0.2, 0) is 19.0 Å². The zero-order valence-corrected chi connectivity index (χ0v) is 13.0. The summed E-state index contributed by atoms with van der Waals surface area (Å²) in [6.07, 6.45) is 5.26. The molecule has 1 N–H and O–H groups in total. The maximum Gasteiger partial charge on any atom is 0.336 e. The minimum absolute atomic E-state index is 0.243. The Balaban J connectivity index is 1.85. The van der Waals surface area contributed by atoms with Crippen molar-refractivity contribution in [2.75, 3.05) is 7.11 Å². The number of fused-ring (bicyclic) bond motifs is 1. The van der Waals surface area contributed by atoms with Crippen molar-refractivity contribution in [3.05, 3.63) is 11.6 Å². The van der Waals surface area contributed by atoms with E-state index < -0.39 is 17.9 Å². The standard InChI is InChI=1S/C14H19BrO5/c1-18-13(17)8-7-9-12(10(15)11(8)16)20-14(19-9)5-3-2-4-6-14/h7,9-12,16H,2-6H2,1H3/t9-,10-,11+,12-/m0/s1. The summed E-state index contributed by atoms with van der Waals surface area (Å²) in [4.78, 5) is 11.3. The number of alkyl halides is 1. The van der Waals surface area contributed by atoms with Gasteiger partial charge in [0, 0.05) is 12.8 Å². The van der Waals surface area contributed by atoms with Crippen molar-refractivity contribution in [3.8, 4) is 0 Å². The minimum atomic E-state index is -0.939. The topological polar surface area (TPSA) is 65.0 Å². The second-order valence-electron chi connectivity index (χ2n) is 5.64. The van der Waals surface area contributed by atoms with Crippen molar-refractivity contribution in [1.29, 1.82) is 0 Å². The number of hydrogen-bond acceptors (Lipinski definition) is 5. The molecule has 0 amide bonds. The molecule has 5 nitrogen and oxygen atoms in total. The Labute approximate surface area is 126 Å². The van der Waals surface area contributed by atoms with Gasteiger partial charge in [0.15, 0.2) is 5.79 Å². The molecule has 20 heavy (non-hydrogen) atoms. The molecule has 2 aliphatic carbocycles. The molecule has 6 heteroatoms. The summed E-state index contributed by atoms with van der Waals surface area (Å²) >= 11 is 3.44. The lowest BCUT2D eigenvalue weighted by atomic mass is 9.92. The predicted octanol–water partition coefficient (Wildman–Crippen LogP) is 1.67. The summed E-state index contributed by atoms with van der Waals surface area (Å²) in [6, 6.07) is 0. The van der Waals surface area contributed by atoms with Gasteiger partial charge in [-0.1, -0.05) is 22.4 Å². The van der Waals surface area contributed by atoms with Gasteiger partial charge in [0.2, 0.25) is 0 Å². The third-order valence-corrected chi connectivity index (χ3v) is 5.36. The number of ether oxygens (including phenoxy) is 3. The van der Waals surface area contributed by atoms with Gasteiger partial charge in [-0.15, -0.1) is 0 Å². The van der Waals surface area contributed by atoms with E-state index in [1.807, 2.05) is 0 Å². The number of rotatable bonds is 1. The van der Waals surface area contributed by atoms with Crippen molar-refractivity contribution in [2.24, 2.45) is 0 Å². The zero-order valence-electron chi connectivity index (χ0n) is 11.4. The van der Waals surface area contributed by atoms with Crippen LogP contribution in [0.15, 0.2) is 11.6 Å². The second kappa shape index (κ2) is 5.40. The van der Waals surface area contributed by atoms with Gasteiger partial charge < -0.3 is 19.3 Å². The Morgan fingerprint density at radius 3 is 2.75 bits per heavy atom. The molecule has 1 saturated carbocycles. The van der Waals surface area contributed by atoms with Crippen LogP contribution in [0.3, 0.4) is 0 Å². The van der Waals surface area contributed by atoms with Gasteiger partial charge in [-0.2, -0.15) is 0 Å². The van der Waals surface area contributed by atoms with Gasteiger partial charge in [0.25, 0.3) is 0 Å². The van der Waals surface area contributed by atoms with Crippen LogP contribution >= 0.6 is 15.9 Å². The molecule has 1 saturated heterocycles. The molecule has 1 heterocycles. The van der Waals surface area contributed by atoms with Crippen LogP contribution < -0.4 is 0 Å². The van der Waals surface area contributed by atoms with Crippen LogP contribution in [0.4, 0.5) is 0 Å². The normalized spacial score (nSPS) is 39.2. The first-order chi connectivity index (χ1) is 9.56. The third-order valence-electron chi connectivity index (χ3n) is 4.34. The largest absolute Gasteiger partial charge is 0.466 e. The van der Waals surface area contributed by atoms with E-state index in [-0.39, 0.29) is 22.6 Å². The van der Waals surface area contributed by atoms with Gasteiger partial charge >= 0.3 is 5.97 Å². The average Bonchev–Trinajstić information content (AvgIpc) is 2.81. The summed E-state index contributed by atoms with van der Waals surface area (Å²) in [7, 11) is 1.31. The summed E-state index contributed by atoms with van der Waals surface area (Å²) in [5.74, 6) is -1.06. The van der Waals surface area contributed by atoms with Gasteiger partial charge in [0.05, 0.1) is 17.5 Å². The highest BCUT2D eigenvalue weighted by atomic mass is 79.9. The van der Waals surface area contributed by atoms with Crippen molar-refractivity contribution in [3.63, 3.8) is 0 Å². The first kappa shape index (κ1) is 14.5. The number of hydrogen-bond donors (Lipinski definition) is 1. The first-order valence-corrected chi connectivity index (χ1v) is 7.96. The smallest absolute Gasteiger partial charge is 0.336 e. The van der Waals surface area contributed by atoms with E-state index >= 15 is 0 Å². The Bertz CT molecular complexity index is 429. The van der Waals surface area contributed by atoms with E-state index in [9.17, 15) is 9.90 Å². The number of halogens is 1. The highest BCUT2D eigenvalue weighted by Crippen LogP contribution is 2.45. The number of esters is 1. The number of carbonyl (C=O) groups is 1. The fraction of sp³-hybridized carbons (Fsp3) is 0.786. The van der Waals surface area contributed by atoms with Gasteiger partial charge in [-0.3, -0.25) is 0 Å². The summed E-state index contributed by atoms with van der Waals surface area (Å²) < 4.78 is 16.9. The lowest BCUT2D eigenvalue weighted by Crippen LogP contribution is -2.45. The van der Waals surface area contributed by atoms with E-state index in [0.29, 0.717) is 0 Å². The van der Waals surface area contributed by atoms with Gasteiger partial charge in [0.1, 0.15) is 18.3 Å². The van der Waals surface area contributed by atoms with Crippen LogP contribution in [0, 0.1) is 0 Å². The Kier molecular flexibility index (Phi) is 3.92. The lowest BCUT2D eigenvalue weighted by molar-refractivity contribution is -0.191. The highest BCUT2D eigenvalue weighted by Gasteiger charge is 2.53. The number of carbonyl (C=O) groups excluding carboxylic acids is 1. The molecule has 0 aromatic carbocycles. The maximum absolute atomic E-state index is 11.7. The molecule has 1 aliphatic heterocycles. The fourth-order valence-electron chi connectivity index (χ4n) is 3.29. The number of aliphatic hydroxyl groups is 1. The fourth-order valence-corrected chi connectivity index (χ4v) is 3.99. The molecule has 4 atom stereocenters. The molecule has 0 radical (unpaired) electrons. The van der Waals surface area contributed by atoms with E-state index in [2.05, 4.69) is 15.9 Å². The molecular formula is C14H19BrO5. The van der Waals surface area contributed by atoms with Crippen molar-refractivity contribution < 1.29 is 24.1 Å². The van der Waals surface area contributed by atoms with E-state index in [4.69, 9.17) is 14.2 Å². The SMILES string of the molecule is COC(=O)C1=C[C@@H]2OC3(CCCCC3)O[C@@H]2[C@@H](Br)[C@@H]1O. The maximum atomic E-state index is 11.7. The van der Waals surface area contributed by atoms with E-state index in [1.54, 1.807) is 6.08 Å². The molecule has 0 aromatic rings. The predicted molar refractivity (Wildman–Crippen MR) is 74.4 cm³/mol. The van der Waals surface area contributed by atoms with Crippen molar-refractivity contribution in [2.45, 2.75) is 61.0 Å². The molecule has 1 spiro atoms. The quantitative estimate of drug-likeness (QED) is 0.577. The van der Waals surface area contributed by atoms with Crippen LogP contribution in [-0.4, -0.2) is 47.1 Å². The Hall–Kier alpha value is -0.430. The average molecular weight is 347 g/mol. The van der Waals surface area contributed by atoms with E-state index in [1.165, 1.54) is 13.5 Å². The zero-order chi connectivity index (χ0) is 14.3. The van der Waals surface area contributed by atoms with Gasteiger partial charge in [-0.25, -0.2) is 4.79 Å². The second-order valence-corrected chi connectivity index (χ2v) is 6.70. The summed E-state index contributed by atoms with van der Waals surface area (Å²) in [5.41, 5.74) is 0.243. The van der Waals surface area contributed by atoms with Gasteiger partial charge in [-0.05, 0) is 18.9 Å². The van der Waals surface area contributed by atoms with Crippen LogP contribution in [0.25, 0.3) is 0 Å². The molecule has 0 unspecified atom stereocenters. The number of methoxy groups -OCH3 is 1. The molecule has 112 valence electrons. The lowest BCUT2D eigenvalue weighted by Gasteiger charge is -2.32. The first-order valence-electron chi connectivity index (χ1n) is 7.04. The monoisotopic (exact) mass is 346 g/mol. The molecule has 3 rings (SSSR count). The third kappa shape index (κ3) is 2.32. The van der Waals surface area contributed by atoms with E-state index in [0.717, 1.165) is 25.7 Å². The summed E-state index contributed by atoms with van der Waals surface area (Å²) in [5, 5.41) is 10.2. The van der Waals surface area contributed by atoms with Crippen LogP contribution in [0.2, 0.25) is 0 Å².